The Balaban J connectivity index is 2.23. The van der Waals surface area contributed by atoms with E-state index in [0.717, 1.165) is 6.08 Å². The molecule has 7 nitrogen and oxygen atoms in total. The van der Waals surface area contributed by atoms with E-state index >= 15 is 0 Å². The van der Waals surface area contributed by atoms with Crippen LogP contribution in [0.15, 0.2) is 12.7 Å². The SMILES string of the molecule is C=CC(=O)OCCOC1OC[C@@H](O)[C@H](O)[C@H]1O. The summed E-state index contributed by atoms with van der Waals surface area (Å²) in [6.07, 6.45) is -3.82. The van der Waals surface area contributed by atoms with Crippen LogP contribution in [-0.2, 0) is 19.0 Å². The van der Waals surface area contributed by atoms with Crippen molar-refractivity contribution >= 4 is 5.97 Å². The van der Waals surface area contributed by atoms with E-state index in [-0.39, 0.29) is 19.8 Å². The summed E-state index contributed by atoms with van der Waals surface area (Å²) in [6.45, 7) is 3.08. The lowest BCUT2D eigenvalue weighted by atomic mass is 10.1. The largest absolute Gasteiger partial charge is 0.460 e. The third-order valence-corrected chi connectivity index (χ3v) is 2.23. The molecule has 0 spiro atoms. The molecular weight excluding hydrogens is 232 g/mol. The van der Waals surface area contributed by atoms with Crippen LogP contribution in [0.25, 0.3) is 0 Å². The summed E-state index contributed by atoms with van der Waals surface area (Å²) in [7, 11) is 0. The van der Waals surface area contributed by atoms with E-state index in [0.29, 0.717) is 0 Å². The molecule has 1 unspecified atom stereocenters. The smallest absolute Gasteiger partial charge is 0.330 e. The second kappa shape index (κ2) is 6.67. The van der Waals surface area contributed by atoms with Crippen molar-refractivity contribution in [3.63, 3.8) is 0 Å². The highest BCUT2D eigenvalue weighted by Crippen LogP contribution is 2.16. The number of ether oxygens (including phenoxy) is 3. The maximum absolute atomic E-state index is 10.7. The Morgan fingerprint density at radius 3 is 2.71 bits per heavy atom. The van der Waals surface area contributed by atoms with Crippen molar-refractivity contribution in [3.8, 4) is 0 Å². The number of aliphatic hydroxyl groups is 3. The van der Waals surface area contributed by atoms with Crippen molar-refractivity contribution in [2.45, 2.75) is 24.6 Å². The molecule has 7 heteroatoms. The molecule has 0 aromatic carbocycles. The predicted octanol–water partition coefficient (Wildman–Crippen LogP) is -1.83. The fourth-order valence-corrected chi connectivity index (χ4v) is 1.29. The molecule has 0 bridgehead atoms. The molecule has 0 amide bonds. The van der Waals surface area contributed by atoms with Crippen molar-refractivity contribution < 1.29 is 34.3 Å². The first-order chi connectivity index (χ1) is 8.06. The van der Waals surface area contributed by atoms with Gasteiger partial charge in [-0.05, 0) is 0 Å². The normalized spacial score (nSPS) is 33.1. The molecule has 17 heavy (non-hydrogen) atoms. The van der Waals surface area contributed by atoms with Crippen LogP contribution in [0, 0.1) is 0 Å². The summed E-state index contributed by atoms with van der Waals surface area (Å²) in [6, 6.07) is 0. The van der Waals surface area contributed by atoms with E-state index in [9.17, 15) is 20.1 Å². The van der Waals surface area contributed by atoms with Gasteiger partial charge in [-0.25, -0.2) is 4.79 Å². The van der Waals surface area contributed by atoms with Crippen LogP contribution in [0.2, 0.25) is 0 Å². The molecule has 4 atom stereocenters. The van der Waals surface area contributed by atoms with Gasteiger partial charge in [0.25, 0.3) is 0 Å². The fraction of sp³-hybridized carbons (Fsp3) is 0.700. The van der Waals surface area contributed by atoms with Gasteiger partial charge >= 0.3 is 5.97 Å². The number of hydrogen-bond acceptors (Lipinski definition) is 7. The lowest BCUT2D eigenvalue weighted by Crippen LogP contribution is -2.53. The zero-order valence-electron chi connectivity index (χ0n) is 9.19. The molecule has 3 N–H and O–H groups in total. The van der Waals surface area contributed by atoms with Crippen LogP contribution in [0.3, 0.4) is 0 Å². The van der Waals surface area contributed by atoms with Gasteiger partial charge in [-0.15, -0.1) is 0 Å². The van der Waals surface area contributed by atoms with Crippen LogP contribution < -0.4 is 0 Å². The lowest BCUT2D eigenvalue weighted by molar-refractivity contribution is -0.271. The number of carbonyl (C=O) groups excluding carboxylic acids is 1. The van der Waals surface area contributed by atoms with Gasteiger partial charge in [0.2, 0.25) is 0 Å². The molecule has 1 saturated heterocycles. The summed E-state index contributed by atoms with van der Waals surface area (Å²) in [4.78, 5) is 10.7. The number of aliphatic hydroxyl groups excluding tert-OH is 3. The highest BCUT2D eigenvalue weighted by molar-refractivity contribution is 5.81. The Labute approximate surface area is 98.2 Å². The number of hydrogen-bond donors (Lipinski definition) is 3. The molecule has 1 heterocycles. The Kier molecular flexibility index (Phi) is 5.52. The fourth-order valence-electron chi connectivity index (χ4n) is 1.29. The third kappa shape index (κ3) is 4.06. The highest BCUT2D eigenvalue weighted by atomic mass is 16.7. The van der Waals surface area contributed by atoms with Gasteiger partial charge < -0.3 is 29.5 Å². The molecule has 1 fully saturated rings. The van der Waals surface area contributed by atoms with E-state index in [4.69, 9.17) is 9.47 Å². The topological polar surface area (TPSA) is 105 Å². The molecular formula is C10H16O7. The van der Waals surface area contributed by atoms with Crippen LogP contribution in [0.4, 0.5) is 0 Å². The average Bonchev–Trinajstić information content (AvgIpc) is 2.33. The molecule has 1 aliphatic rings. The van der Waals surface area contributed by atoms with Crippen LogP contribution in [0.5, 0.6) is 0 Å². The van der Waals surface area contributed by atoms with Crippen LogP contribution >= 0.6 is 0 Å². The van der Waals surface area contributed by atoms with Gasteiger partial charge in [0.05, 0.1) is 13.2 Å². The Morgan fingerprint density at radius 1 is 1.35 bits per heavy atom. The van der Waals surface area contributed by atoms with Gasteiger partial charge in [-0.3, -0.25) is 0 Å². The van der Waals surface area contributed by atoms with E-state index in [2.05, 4.69) is 11.3 Å². The minimum Gasteiger partial charge on any atom is -0.460 e. The zero-order valence-corrected chi connectivity index (χ0v) is 9.19. The van der Waals surface area contributed by atoms with E-state index in [1.54, 1.807) is 0 Å². The molecule has 0 aromatic rings. The number of esters is 1. The van der Waals surface area contributed by atoms with Gasteiger partial charge in [-0.1, -0.05) is 6.58 Å². The second-order valence-electron chi connectivity index (χ2n) is 3.49. The summed E-state index contributed by atoms with van der Waals surface area (Å²) in [5, 5.41) is 28.0. The average molecular weight is 248 g/mol. The monoisotopic (exact) mass is 248 g/mol. The van der Waals surface area contributed by atoms with Gasteiger partial charge in [0.15, 0.2) is 6.29 Å². The summed E-state index contributed by atoms with van der Waals surface area (Å²) >= 11 is 0. The first-order valence-electron chi connectivity index (χ1n) is 5.13. The van der Waals surface area contributed by atoms with Gasteiger partial charge in [0, 0.05) is 6.08 Å². The van der Waals surface area contributed by atoms with Gasteiger partial charge in [0.1, 0.15) is 24.9 Å². The second-order valence-corrected chi connectivity index (χ2v) is 3.49. The molecule has 0 aromatic heterocycles. The number of rotatable bonds is 5. The van der Waals surface area contributed by atoms with Crippen molar-refractivity contribution in [2.24, 2.45) is 0 Å². The minimum absolute atomic E-state index is 0.00409. The third-order valence-electron chi connectivity index (χ3n) is 2.23. The van der Waals surface area contributed by atoms with Crippen molar-refractivity contribution in [1.82, 2.24) is 0 Å². The van der Waals surface area contributed by atoms with E-state index < -0.39 is 30.6 Å². The molecule has 0 aliphatic carbocycles. The van der Waals surface area contributed by atoms with Crippen molar-refractivity contribution in [1.29, 1.82) is 0 Å². The quantitative estimate of drug-likeness (QED) is 0.298. The van der Waals surface area contributed by atoms with Gasteiger partial charge in [-0.2, -0.15) is 0 Å². The van der Waals surface area contributed by atoms with Crippen LogP contribution in [0.1, 0.15) is 0 Å². The summed E-state index contributed by atoms with van der Waals surface area (Å²) < 4.78 is 14.7. The molecule has 0 radical (unpaired) electrons. The molecule has 1 rings (SSSR count). The molecule has 1 aliphatic heterocycles. The molecule has 0 saturated carbocycles. The Morgan fingerprint density at radius 2 is 2.06 bits per heavy atom. The Bertz CT molecular complexity index is 267. The van der Waals surface area contributed by atoms with E-state index in [1.807, 2.05) is 0 Å². The van der Waals surface area contributed by atoms with Crippen molar-refractivity contribution in [3.05, 3.63) is 12.7 Å². The standard InChI is InChI=1S/C10H16O7/c1-2-7(12)15-3-4-16-10-9(14)8(13)6(11)5-17-10/h2,6,8-11,13-14H,1,3-5H2/t6-,8+,9-,10?/m1/s1. The zero-order chi connectivity index (χ0) is 12.8. The number of carbonyl (C=O) groups is 1. The van der Waals surface area contributed by atoms with Crippen LogP contribution in [-0.4, -0.2) is 65.7 Å². The Hall–Kier alpha value is -0.990. The summed E-state index contributed by atoms with van der Waals surface area (Å²) in [5.41, 5.74) is 0. The minimum atomic E-state index is -1.34. The van der Waals surface area contributed by atoms with Crippen molar-refractivity contribution in [2.75, 3.05) is 19.8 Å². The molecule has 98 valence electrons. The predicted molar refractivity (Wildman–Crippen MR) is 54.9 cm³/mol. The summed E-state index contributed by atoms with van der Waals surface area (Å²) in [5.74, 6) is -0.575. The highest BCUT2D eigenvalue weighted by Gasteiger charge is 2.38. The maximum atomic E-state index is 10.7. The maximum Gasteiger partial charge on any atom is 0.330 e. The first kappa shape index (κ1) is 14.1. The van der Waals surface area contributed by atoms with E-state index in [1.165, 1.54) is 0 Å². The lowest BCUT2D eigenvalue weighted by Gasteiger charge is -2.34. The first-order valence-corrected chi connectivity index (χ1v) is 5.13.